The normalized spacial score (nSPS) is 18.0. The van der Waals surface area contributed by atoms with Gasteiger partial charge in [0.2, 0.25) is 0 Å². The van der Waals surface area contributed by atoms with Gasteiger partial charge in [-0.05, 0) is 50.0 Å². The Bertz CT molecular complexity index is 821. The summed E-state index contributed by atoms with van der Waals surface area (Å²) in [7, 11) is 0. The minimum atomic E-state index is -0.147. The largest absolute Gasteiger partial charge is 0.334 e. The molecule has 126 valence electrons. The number of benzene rings is 1. The summed E-state index contributed by atoms with van der Waals surface area (Å²) in [5, 5.41) is 1.04. The molecule has 0 N–H and O–H groups in total. The molecule has 1 aromatic carbocycles. The molecule has 2 aliphatic rings. The van der Waals surface area contributed by atoms with Crippen LogP contribution in [0.25, 0.3) is 0 Å². The molecule has 0 bridgehead atoms. The first kappa shape index (κ1) is 17.2. The van der Waals surface area contributed by atoms with Crippen LogP contribution in [0.1, 0.15) is 41.8 Å². The third-order valence-electron chi connectivity index (χ3n) is 4.70. The minimum absolute atomic E-state index is 0.0967. The number of allylic oxidation sites excluding steroid dienone is 3. The van der Waals surface area contributed by atoms with Gasteiger partial charge in [-0.25, -0.2) is 0 Å². The summed E-state index contributed by atoms with van der Waals surface area (Å²) >= 11 is 12.7. The molecule has 1 heterocycles. The number of hydrogen-bond donors (Lipinski definition) is 0. The van der Waals surface area contributed by atoms with Crippen LogP contribution in [-0.4, -0.2) is 29.7 Å². The highest BCUT2D eigenvalue weighted by molar-refractivity contribution is 6.37. The highest BCUT2D eigenvalue weighted by atomic mass is 35.5. The van der Waals surface area contributed by atoms with Crippen molar-refractivity contribution in [2.75, 3.05) is 13.1 Å². The van der Waals surface area contributed by atoms with Crippen LogP contribution in [0.5, 0.6) is 0 Å². The Morgan fingerprint density at radius 2 is 1.88 bits per heavy atom. The number of fused-ring (bicyclic) bond motifs is 1. The van der Waals surface area contributed by atoms with Gasteiger partial charge in [0.1, 0.15) is 0 Å². The Labute approximate surface area is 151 Å². The molecular formula is C19H19Cl2NO2. The molecule has 1 aromatic rings. The number of aryl methyl sites for hydroxylation is 1. The molecule has 0 fully saturated rings. The number of hydrogen-bond acceptors (Lipinski definition) is 2. The van der Waals surface area contributed by atoms with E-state index in [0.29, 0.717) is 47.1 Å². The Morgan fingerprint density at radius 1 is 1.17 bits per heavy atom. The van der Waals surface area contributed by atoms with Gasteiger partial charge in [0, 0.05) is 30.1 Å². The van der Waals surface area contributed by atoms with Crippen LogP contribution in [0.2, 0.25) is 10.0 Å². The van der Waals surface area contributed by atoms with Crippen molar-refractivity contribution in [1.82, 2.24) is 4.90 Å². The minimum Gasteiger partial charge on any atom is -0.334 e. The lowest BCUT2D eigenvalue weighted by atomic mass is 9.91. The first-order valence-corrected chi connectivity index (χ1v) is 8.72. The number of amides is 1. The van der Waals surface area contributed by atoms with Gasteiger partial charge in [0.25, 0.3) is 5.91 Å². The maximum atomic E-state index is 12.9. The number of rotatable bonds is 2. The predicted molar refractivity (Wildman–Crippen MR) is 96.9 cm³/mol. The smallest absolute Gasteiger partial charge is 0.256 e. The Hall–Kier alpha value is -1.58. The van der Waals surface area contributed by atoms with E-state index in [0.717, 1.165) is 22.3 Å². The van der Waals surface area contributed by atoms with E-state index in [2.05, 4.69) is 0 Å². The summed E-state index contributed by atoms with van der Waals surface area (Å²) in [5.74, 6) is -0.0503. The maximum Gasteiger partial charge on any atom is 0.256 e. The van der Waals surface area contributed by atoms with Crippen LogP contribution in [-0.2, 0) is 11.2 Å². The van der Waals surface area contributed by atoms with Crippen LogP contribution in [0.3, 0.4) is 0 Å². The monoisotopic (exact) mass is 363 g/mol. The molecule has 3 nitrogen and oxygen atoms in total. The topological polar surface area (TPSA) is 37.4 Å². The van der Waals surface area contributed by atoms with Crippen molar-refractivity contribution in [2.45, 2.75) is 33.6 Å². The molecule has 1 aliphatic heterocycles. The second-order valence-corrected chi connectivity index (χ2v) is 7.36. The molecule has 0 atom stereocenters. The van der Waals surface area contributed by atoms with Crippen molar-refractivity contribution >= 4 is 34.9 Å². The Balaban J connectivity index is 1.95. The molecule has 1 amide bonds. The molecule has 24 heavy (non-hydrogen) atoms. The fourth-order valence-corrected chi connectivity index (χ4v) is 4.01. The van der Waals surface area contributed by atoms with Crippen molar-refractivity contribution in [1.29, 1.82) is 0 Å². The quantitative estimate of drug-likeness (QED) is 0.773. The number of carbonyl (C=O) groups is 2. The van der Waals surface area contributed by atoms with E-state index in [1.807, 2.05) is 26.8 Å². The zero-order valence-corrected chi connectivity index (χ0v) is 15.5. The molecule has 5 heteroatoms. The fraction of sp³-hybridized carbons (Fsp3) is 0.368. The molecule has 1 aliphatic carbocycles. The standard InChI is InChI=1S/C19H19Cl2NO2/c1-10-6-11(2)14(16(23)7-10)9-22-5-4-13-15(20)8-12(3)18(21)17(13)19(22)24/h6,8H,4-5,7,9H2,1-3H3. The molecule has 3 rings (SSSR count). The SMILES string of the molecule is CC1=CC(C)=C(CN2CCc3c(Cl)cc(C)c(Cl)c3C2=O)C(=O)C1. The van der Waals surface area contributed by atoms with Crippen LogP contribution < -0.4 is 0 Å². The van der Waals surface area contributed by atoms with Crippen molar-refractivity contribution in [3.63, 3.8) is 0 Å². The van der Waals surface area contributed by atoms with Crippen LogP contribution in [0, 0.1) is 6.92 Å². The van der Waals surface area contributed by atoms with E-state index >= 15 is 0 Å². The van der Waals surface area contributed by atoms with Crippen molar-refractivity contribution in [2.24, 2.45) is 0 Å². The maximum absolute atomic E-state index is 12.9. The van der Waals surface area contributed by atoms with Gasteiger partial charge in [-0.2, -0.15) is 0 Å². The molecule has 0 saturated heterocycles. The zero-order valence-electron chi connectivity index (χ0n) is 14.0. The van der Waals surface area contributed by atoms with E-state index in [9.17, 15) is 9.59 Å². The number of Topliss-reactive ketones (excluding diaryl/α,β-unsaturated/α-hetero) is 1. The molecular weight excluding hydrogens is 345 g/mol. The summed E-state index contributed by atoms with van der Waals surface area (Å²) in [5.41, 5.74) is 4.80. The van der Waals surface area contributed by atoms with E-state index in [4.69, 9.17) is 23.2 Å². The lowest BCUT2D eigenvalue weighted by Crippen LogP contribution is -2.40. The average molecular weight is 364 g/mol. The lowest BCUT2D eigenvalue weighted by molar-refractivity contribution is -0.115. The van der Waals surface area contributed by atoms with Gasteiger partial charge < -0.3 is 4.90 Å². The van der Waals surface area contributed by atoms with E-state index in [1.54, 1.807) is 11.0 Å². The highest BCUT2D eigenvalue weighted by Crippen LogP contribution is 2.35. The summed E-state index contributed by atoms with van der Waals surface area (Å²) in [6.45, 7) is 6.58. The zero-order chi connectivity index (χ0) is 17.6. The van der Waals surface area contributed by atoms with E-state index < -0.39 is 0 Å². The molecule has 0 unspecified atom stereocenters. The predicted octanol–water partition coefficient (Wildman–Crippen LogP) is 4.54. The van der Waals surface area contributed by atoms with Crippen LogP contribution in [0.4, 0.5) is 0 Å². The van der Waals surface area contributed by atoms with E-state index in [1.165, 1.54) is 0 Å². The molecule has 0 spiro atoms. The second-order valence-electron chi connectivity index (χ2n) is 6.57. The third-order valence-corrected chi connectivity index (χ3v) is 5.52. The van der Waals surface area contributed by atoms with Gasteiger partial charge in [-0.3, -0.25) is 9.59 Å². The molecule has 0 aromatic heterocycles. The number of ketones is 1. The number of carbonyl (C=O) groups excluding carboxylic acids is 2. The number of nitrogens with zero attached hydrogens (tertiary/aromatic N) is 1. The van der Waals surface area contributed by atoms with Gasteiger partial charge >= 0.3 is 0 Å². The summed E-state index contributed by atoms with van der Waals surface area (Å²) in [6, 6.07) is 1.80. The molecule has 0 radical (unpaired) electrons. The lowest BCUT2D eigenvalue weighted by Gasteiger charge is -2.31. The van der Waals surface area contributed by atoms with Crippen molar-refractivity contribution in [3.8, 4) is 0 Å². The summed E-state index contributed by atoms with van der Waals surface area (Å²) in [6.07, 6.45) is 3.10. The first-order chi connectivity index (χ1) is 11.3. The first-order valence-electron chi connectivity index (χ1n) is 7.96. The van der Waals surface area contributed by atoms with E-state index in [-0.39, 0.29) is 11.7 Å². The van der Waals surface area contributed by atoms with Gasteiger partial charge in [-0.15, -0.1) is 0 Å². The second kappa shape index (κ2) is 6.38. The third kappa shape index (κ3) is 2.91. The Kier molecular flexibility index (Phi) is 4.58. The van der Waals surface area contributed by atoms with Crippen LogP contribution in [0.15, 0.2) is 28.9 Å². The Morgan fingerprint density at radius 3 is 2.54 bits per heavy atom. The average Bonchev–Trinajstić information content (AvgIpc) is 2.49. The van der Waals surface area contributed by atoms with Crippen molar-refractivity contribution in [3.05, 3.63) is 55.6 Å². The summed E-state index contributed by atoms with van der Waals surface area (Å²) < 4.78 is 0. The van der Waals surface area contributed by atoms with Gasteiger partial charge in [-0.1, -0.05) is 34.9 Å². The summed E-state index contributed by atoms with van der Waals surface area (Å²) in [4.78, 5) is 27.0. The fourth-order valence-electron chi connectivity index (χ4n) is 3.41. The van der Waals surface area contributed by atoms with Crippen molar-refractivity contribution < 1.29 is 9.59 Å². The molecule has 0 saturated carbocycles. The van der Waals surface area contributed by atoms with Crippen LogP contribution >= 0.6 is 23.2 Å². The van der Waals surface area contributed by atoms with Gasteiger partial charge in [0.15, 0.2) is 5.78 Å². The van der Waals surface area contributed by atoms with Gasteiger partial charge in [0.05, 0.1) is 10.6 Å². The highest BCUT2D eigenvalue weighted by Gasteiger charge is 2.31. The number of halogens is 2.